The second kappa shape index (κ2) is 20.3. The number of nitrogens with two attached hydrogens (primary N) is 1. The second-order valence-electron chi connectivity index (χ2n) is 13.6. The summed E-state index contributed by atoms with van der Waals surface area (Å²) in [5.74, 6) is -6.47. The molecule has 2 saturated heterocycles. The first-order valence-corrected chi connectivity index (χ1v) is 18.3. The molecule has 354 valence electrons. The van der Waals surface area contributed by atoms with Crippen molar-refractivity contribution in [2.45, 2.75) is 87.5 Å². The van der Waals surface area contributed by atoms with Crippen molar-refractivity contribution in [3.05, 3.63) is 41.5 Å². The van der Waals surface area contributed by atoms with Gasteiger partial charge >= 0.3 is 42.7 Å². The Balaban J connectivity index is 1.59. The molecule has 10 N–H and O–H groups in total. The maximum atomic E-state index is 14.4. The van der Waals surface area contributed by atoms with Gasteiger partial charge in [-0.25, -0.2) is 24.0 Å². The van der Waals surface area contributed by atoms with Crippen molar-refractivity contribution >= 4 is 48.5 Å². The van der Waals surface area contributed by atoms with Crippen LogP contribution in [-0.2, 0) is 57.0 Å². The minimum atomic E-state index is -2.31. The number of hydrogen-bond acceptors (Lipinski definition) is 24. The molecule has 6 unspecified atom stereocenters. The molecule has 12 atom stereocenters. The van der Waals surface area contributed by atoms with E-state index in [1.807, 2.05) is 0 Å². The number of phenols is 3. The van der Waals surface area contributed by atoms with Crippen molar-refractivity contribution in [2.75, 3.05) is 13.2 Å². The first kappa shape index (κ1) is 48.4. The van der Waals surface area contributed by atoms with Crippen molar-refractivity contribution in [1.82, 2.24) is 0 Å². The molecule has 3 aliphatic heterocycles. The van der Waals surface area contributed by atoms with E-state index in [1.54, 1.807) is 0 Å². The predicted molar refractivity (Wildman–Crippen MR) is 194 cm³/mol. The van der Waals surface area contributed by atoms with Gasteiger partial charge in [0.15, 0.2) is 72.9 Å². The first-order chi connectivity index (χ1) is 30.6. The van der Waals surface area contributed by atoms with Crippen molar-refractivity contribution in [2.24, 2.45) is 5.73 Å². The zero-order valence-electron chi connectivity index (χ0n) is 33.0. The number of rotatable bonds is 14. The summed E-state index contributed by atoms with van der Waals surface area (Å²) in [6.45, 7) is 0.173. The Morgan fingerprint density at radius 3 is 1.78 bits per heavy atom. The van der Waals surface area contributed by atoms with Crippen LogP contribution >= 0.6 is 0 Å². The molecule has 65 heavy (non-hydrogen) atoms. The lowest BCUT2D eigenvalue weighted by Gasteiger charge is -2.46. The van der Waals surface area contributed by atoms with E-state index in [9.17, 15) is 79.2 Å². The van der Waals surface area contributed by atoms with Crippen LogP contribution in [0.1, 0.15) is 35.9 Å². The number of fused-ring (bicyclic) bond motifs is 1. The largest absolute Gasteiger partial charge is 0.507 e. The molecule has 2 fully saturated rings. The summed E-state index contributed by atoms with van der Waals surface area (Å²) in [5, 5.41) is 79.0. The molecule has 5 rings (SSSR count). The van der Waals surface area contributed by atoms with Crippen LogP contribution in [0.25, 0.3) is 0 Å². The fourth-order valence-corrected chi connectivity index (χ4v) is 6.88. The lowest BCUT2D eigenvalue weighted by molar-refractivity contribution is -0.334. The molecule has 2 aromatic carbocycles. The first-order valence-electron chi connectivity index (χ1n) is 18.3. The third kappa shape index (κ3) is 11.5. The van der Waals surface area contributed by atoms with E-state index in [-0.39, 0.29) is 11.3 Å². The van der Waals surface area contributed by atoms with Gasteiger partial charge in [0.1, 0.15) is 28.9 Å². The van der Waals surface area contributed by atoms with E-state index in [2.05, 4.69) is 4.74 Å². The van der Waals surface area contributed by atoms with Crippen LogP contribution in [0.2, 0.25) is 0 Å². The van der Waals surface area contributed by atoms with Crippen LogP contribution in [0, 0.1) is 0 Å². The van der Waals surface area contributed by atoms with Gasteiger partial charge in [-0.1, -0.05) is 6.07 Å². The topological polar surface area (TPSA) is 435 Å². The summed E-state index contributed by atoms with van der Waals surface area (Å²) in [6, 6.07) is 4.84. The van der Waals surface area contributed by atoms with E-state index >= 15 is 0 Å². The number of phenolic OH excluding ortho intramolecular Hbond substituents is 3. The summed E-state index contributed by atoms with van der Waals surface area (Å²) in [6.07, 6.45) is -35.4. The zero-order chi connectivity index (χ0) is 48.0. The van der Waals surface area contributed by atoms with Gasteiger partial charge in [0.2, 0.25) is 5.78 Å². The van der Waals surface area contributed by atoms with Crippen LogP contribution in [0.5, 0.6) is 28.7 Å². The van der Waals surface area contributed by atoms with Gasteiger partial charge in [-0.05, 0) is 24.6 Å². The maximum Gasteiger partial charge on any atom is 0.506 e. The number of hydrogen-bond donors (Lipinski definition) is 9. The summed E-state index contributed by atoms with van der Waals surface area (Å²) < 4.78 is 63.5. The summed E-state index contributed by atoms with van der Waals surface area (Å²) in [4.78, 5) is 97.9. The van der Waals surface area contributed by atoms with Crippen LogP contribution in [-0.4, -0.2) is 170 Å². The Bertz CT molecular complexity index is 2180. The Morgan fingerprint density at radius 2 is 1.22 bits per heavy atom. The highest BCUT2D eigenvalue weighted by Crippen LogP contribution is 2.45. The molecule has 2 aromatic rings. The summed E-state index contributed by atoms with van der Waals surface area (Å²) in [5.41, 5.74) is 4.51. The number of carboxylic acid groups (broad SMARTS) is 5. The predicted octanol–water partition coefficient (Wildman–Crippen LogP) is 1.10. The van der Waals surface area contributed by atoms with Gasteiger partial charge in [0.05, 0.1) is 19.3 Å². The molecular formula is C36H37NO28. The zero-order valence-corrected chi connectivity index (χ0v) is 33.0. The fourth-order valence-electron chi connectivity index (χ4n) is 6.88. The number of aromatic hydroxyl groups is 3. The molecule has 0 spiro atoms. The average molecular weight is 932 g/mol. The number of benzene rings is 2. The van der Waals surface area contributed by atoms with Gasteiger partial charge in [0.25, 0.3) is 0 Å². The lowest BCUT2D eigenvalue weighted by atomic mass is 9.92. The van der Waals surface area contributed by atoms with E-state index in [0.717, 1.165) is 44.2 Å². The molecule has 0 aromatic heterocycles. The molecule has 0 amide bonds. The number of Topliss-reactive ketones (excluding diaryl/α,β-unsaturated/α-hetero) is 1. The molecule has 29 nitrogen and oxygen atoms in total. The van der Waals surface area contributed by atoms with Gasteiger partial charge in [0, 0.05) is 19.1 Å². The normalized spacial score (nSPS) is 28.2. The second-order valence-corrected chi connectivity index (χ2v) is 13.6. The Hall–Kier alpha value is -7.60. The van der Waals surface area contributed by atoms with Crippen molar-refractivity contribution in [1.29, 1.82) is 0 Å². The van der Waals surface area contributed by atoms with Crippen molar-refractivity contribution in [3.63, 3.8) is 0 Å². The van der Waals surface area contributed by atoms with Gasteiger partial charge in [-0.2, -0.15) is 0 Å². The number of esters is 2. The SMILES string of the molecule is CC(=O)OC1[C@H](OC2C(=O)c3c(O)cc(OC(=O)CN)cc3OC2c2ccc(O)c(O)c2)O[C@H](CO[C@H]2OC(C)C(OC(=O)O)[C@@H](OC(=O)O)[C@H]2OC(=O)O)C(OC(=O)O)[C@@H]1OC(=O)O. The molecule has 0 aliphatic carbocycles. The third-order valence-electron chi connectivity index (χ3n) is 9.33. The maximum absolute atomic E-state index is 14.4. The number of carbonyl (C=O) groups is 8. The van der Waals surface area contributed by atoms with E-state index < -0.39 is 164 Å². The minimum absolute atomic E-state index is 0.158. The molecular weight excluding hydrogens is 894 g/mol. The van der Waals surface area contributed by atoms with Crippen molar-refractivity contribution in [3.8, 4) is 28.7 Å². The number of carbonyl (C=O) groups excluding carboxylic acids is 3. The fraction of sp³-hybridized carbons (Fsp3) is 0.444. The van der Waals surface area contributed by atoms with E-state index in [0.29, 0.717) is 0 Å². The van der Waals surface area contributed by atoms with Crippen LogP contribution in [0.15, 0.2) is 30.3 Å². The molecule has 29 heteroatoms. The molecule has 3 heterocycles. The average Bonchev–Trinajstić information content (AvgIpc) is 3.19. The van der Waals surface area contributed by atoms with Crippen LogP contribution in [0.4, 0.5) is 24.0 Å². The molecule has 0 saturated carbocycles. The molecule has 0 radical (unpaired) electrons. The molecule has 0 bridgehead atoms. The lowest BCUT2D eigenvalue weighted by Crippen LogP contribution is -2.65. The van der Waals surface area contributed by atoms with Gasteiger partial charge < -0.3 is 103 Å². The number of ketones is 1. The summed E-state index contributed by atoms with van der Waals surface area (Å²) in [7, 11) is 0. The Morgan fingerprint density at radius 1 is 0.662 bits per heavy atom. The van der Waals surface area contributed by atoms with E-state index in [1.165, 1.54) is 0 Å². The summed E-state index contributed by atoms with van der Waals surface area (Å²) >= 11 is 0. The van der Waals surface area contributed by atoms with Crippen LogP contribution < -0.4 is 15.2 Å². The van der Waals surface area contributed by atoms with E-state index in [4.69, 9.17) is 57.8 Å². The molecule has 3 aliphatic rings. The highest BCUT2D eigenvalue weighted by molar-refractivity contribution is 6.06. The Kier molecular flexibility index (Phi) is 15.1. The van der Waals surface area contributed by atoms with Gasteiger partial charge in [-0.3, -0.25) is 14.4 Å². The Labute approximate surface area is 361 Å². The number of ether oxygens (including phenoxy) is 12. The quantitative estimate of drug-likeness (QED) is 0.0554. The van der Waals surface area contributed by atoms with Crippen LogP contribution in [0.3, 0.4) is 0 Å². The highest BCUT2D eigenvalue weighted by atomic mass is 16.8. The smallest absolute Gasteiger partial charge is 0.506 e. The van der Waals surface area contributed by atoms with Crippen molar-refractivity contribution < 1.29 is 136 Å². The van der Waals surface area contributed by atoms with Gasteiger partial charge in [-0.15, -0.1) is 0 Å². The minimum Gasteiger partial charge on any atom is -0.507 e. The standard InChI is InChI=1S/C36H37NO28/c1-10-22(61-32(44)45)26(63-34(48)49)28(65-36(52)53)30(55-10)54-9-18-24(62-33(46)47)27(64-35(50)51)29(56-11(2)38)31(59-18)60-25-21(43)20-16(41)6-13(57-19(42)8-37)7-17(20)58-23(25)12-3-4-14(39)15(40)5-12/h3-7,10,18,22-31,39-41H,8-9,37H2,1-2H3,(H,44,45)(H,46,47)(H,48,49)(H,50,51)(H,52,53)/t10?,18-,22?,23?,24?,25?,26-,27+,28-,29?,30+,31+/m1/s1. The monoisotopic (exact) mass is 931 g/mol. The third-order valence-corrected chi connectivity index (χ3v) is 9.33. The highest BCUT2D eigenvalue weighted by Gasteiger charge is 2.57.